The molecule has 0 bridgehead atoms. The lowest BCUT2D eigenvalue weighted by Crippen LogP contribution is -2.36. The summed E-state index contributed by atoms with van der Waals surface area (Å²) in [5, 5.41) is 0.598. The zero-order chi connectivity index (χ0) is 15.1. The average molecular weight is 298 g/mol. The van der Waals surface area contributed by atoms with E-state index in [-0.39, 0.29) is 23.3 Å². The minimum absolute atomic E-state index is 0.0175. The smallest absolute Gasteiger partial charge is 0.138 e. The molecule has 0 aliphatic carbocycles. The highest BCUT2D eigenvalue weighted by Crippen LogP contribution is 2.40. The molecule has 0 radical (unpaired) electrons. The van der Waals surface area contributed by atoms with Crippen molar-refractivity contribution in [2.24, 2.45) is 5.73 Å². The van der Waals surface area contributed by atoms with Crippen LogP contribution in [0.3, 0.4) is 0 Å². The molecule has 1 heterocycles. The Morgan fingerprint density at radius 3 is 2.45 bits per heavy atom. The second-order valence-corrected chi connectivity index (χ2v) is 7.16. The molecule has 2 unspecified atom stereocenters. The molecule has 0 amide bonds. The summed E-state index contributed by atoms with van der Waals surface area (Å²) in [7, 11) is 0. The molecule has 112 valence electrons. The molecule has 0 saturated carbocycles. The summed E-state index contributed by atoms with van der Waals surface area (Å²) in [5.74, 6) is 0.690. The number of nitrogens with two attached hydrogens (primary N) is 1. The first-order valence-electron chi connectivity index (χ1n) is 7.02. The standard InChI is InChI=1S/C16H24ClNO2/c1-10(18)11-6-7-13(12(17)8-11)19-14-9-15(2,3)20-16(14,4)5/h6-8,10,14H,9,18H2,1-5H3. The van der Waals surface area contributed by atoms with E-state index in [9.17, 15) is 0 Å². The highest BCUT2D eigenvalue weighted by Gasteiger charge is 2.47. The molecule has 0 spiro atoms. The Morgan fingerprint density at radius 1 is 1.35 bits per heavy atom. The van der Waals surface area contributed by atoms with Crippen LogP contribution in [0.25, 0.3) is 0 Å². The minimum Gasteiger partial charge on any atom is -0.486 e. The summed E-state index contributed by atoms with van der Waals surface area (Å²) < 4.78 is 12.1. The van der Waals surface area contributed by atoms with Crippen LogP contribution in [0.5, 0.6) is 5.75 Å². The van der Waals surface area contributed by atoms with Crippen molar-refractivity contribution in [2.45, 2.75) is 64.4 Å². The number of rotatable bonds is 3. The quantitative estimate of drug-likeness (QED) is 0.914. The van der Waals surface area contributed by atoms with Crippen LogP contribution in [-0.2, 0) is 4.74 Å². The van der Waals surface area contributed by atoms with Gasteiger partial charge in [0, 0.05) is 12.5 Å². The Morgan fingerprint density at radius 2 is 2.00 bits per heavy atom. The fourth-order valence-electron chi connectivity index (χ4n) is 2.74. The maximum absolute atomic E-state index is 6.29. The van der Waals surface area contributed by atoms with Crippen molar-refractivity contribution >= 4 is 11.6 Å². The fourth-order valence-corrected chi connectivity index (χ4v) is 2.98. The SMILES string of the molecule is CC(N)c1ccc(OC2CC(C)(C)OC2(C)C)c(Cl)c1. The Bertz CT molecular complexity index is 497. The summed E-state index contributed by atoms with van der Waals surface area (Å²) in [6, 6.07) is 5.68. The van der Waals surface area contributed by atoms with Gasteiger partial charge in [-0.05, 0) is 52.3 Å². The normalized spacial score (nSPS) is 25.4. The molecule has 2 rings (SSSR count). The highest BCUT2D eigenvalue weighted by molar-refractivity contribution is 6.32. The number of ether oxygens (including phenoxy) is 2. The van der Waals surface area contributed by atoms with Gasteiger partial charge in [0.25, 0.3) is 0 Å². The summed E-state index contributed by atoms with van der Waals surface area (Å²) in [6.07, 6.45) is 0.821. The van der Waals surface area contributed by atoms with Crippen LogP contribution in [0.2, 0.25) is 5.02 Å². The molecular weight excluding hydrogens is 274 g/mol. The molecule has 0 aromatic heterocycles. The molecule has 1 aromatic carbocycles. The van der Waals surface area contributed by atoms with Crippen molar-refractivity contribution in [3.63, 3.8) is 0 Å². The van der Waals surface area contributed by atoms with Crippen LogP contribution < -0.4 is 10.5 Å². The van der Waals surface area contributed by atoms with E-state index in [0.29, 0.717) is 10.8 Å². The molecule has 2 N–H and O–H groups in total. The molecule has 1 aromatic rings. The number of benzene rings is 1. The van der Waals surface area contributed by atoms with E-state index in [1.807, 2.05) is 25.1 Å². The third-order valence-electron chi connectivity index (χ3n) is 3.74. The Hall–Kier alpha value is -0.770. The molecule has 20 heavy (non-hydrogen) atoms. The van der Waals surface area contributed by atoms with Gasteiger partial charge in [-0.25, -0.2) is 0 Å². The van der Waals surface area contributed by atoms with E-state index in [1.165, 1.54) is 0 Å². The number of hydrogen-bond donors (Lipinski definition) is 1. The molecule has 3 nitrogen and oxygen atoms in total. The van der Waals surface area contributed by atoms with Crippen molar-refractivity contribution in [1.29, 1.82) is 0 Å². The van der Waals surface area contributed by atoms with Crippen LogP contribution in [0.4, 0.5) is 0 Å². The topological polar surface area (TPSA) is 44.5 Å². The van der Waals surface area contributed by atoms with Gasteiger partial charge in [0.2, 0.25) is 0 Å². The summed E-state index contributed by atoms with van der Waals surface area (Å²) in [6.45, 7) is 10.2. The molecular formula is C16H24ClNO2. The lowest BCUT2D eigenvalue weighted by atomic mass is 9.97. The van der Waals surface area contributed by atoms with Gasteiger partial charge >= 0.3 is 0 Å². The Kier molecular flexibility index (Phi) is 4.07. The number of halogens is 1. The van der Waals surface area contributed by atoms with E-state index in [1.54, 1.807) is 0 Å². The maximum Gasteiger partial charge on any atom is 0.138 e. The molecule has 2 atom stereocenters. The van der Waals surface area contributed by atoms with Crippen molar-refractivity contribution in [2.75, 3.05) is 0 Å². The van der Waals surface area contributed by atoms with E-state index in [0.717, 1.165) is 12.0 Å². The van der Waals surface area contributed by atoms with Gasteiger partial charge in [0.1, 0.15) is 17.5 Å². The van der Waals surface area contributed by atoms with Gasteiger partial charge in [-0.15, -0.1) is 0 Å². The molecule has 1 fully saturated rings. The molecule has 4 heteroatoms. The largest absolute Gasteiger partial charge is 0.486 e. The van der Waals surface area contributed by atoms with Gasteiger partial charge in [0.15, 0.2) is 0 Å². The van der Waals surface area contributed by atoms with Crippen molar-refractivity contribution < 1.29 is 9.47 Å². The van der Waals surface area contributed by atoms with Crippen LogP contribution in [0.15, 0.2) is 18.2 Å². The second-order valence-electron chi connectivity index (χ2n) is 6.75. The number of hydrogen-bond acceptors (Lipinski definition) is 3. The lowest BCUT2D eigenvalue weighted by molar-refractivity contribution is -0.0845. The summed E-state index contributed by atoms with van der Waals surface area (Å²) >= 11 is 6.29. The van der Waals surface area contributed by atoms with E-state index in [4.69, 9.17) is 26.8 Å². The maximum atomic E-state index is 6.29. The van der Waals surface area contributed by atoms with E-state index < -0.39 is 0 Å². The first-order chi connectivity index (χ1) is 9.11. The fraction of sp³-hybridized carbons (Fsp3) is 0.625. The van der Waals surface area contributed by atoms with Gasteiger partial charge in [-0.2, -0.15) is 0 Å². The van der Waals surface area contributed by atoms with Gasteiger partial charge < -0.3 is 15.2 Å². The van der Waals surface area contributed by atoms with E-state index >= 15 is 0 Å². The van der Waals surface area contributed by atoms with Crippen LogP contribution in [0, 0.1) is 0 Å². The van der Waals surface area contributed by atoms with Crippen LogP contribution in [0.1, 0.15) is 52.6 Å². The van der Waals surface area contributed by atoms with Gasteiger partial charge in [-0.1, -0.05) is 17.7 Å². The molecule has 1 aliphatic heterocycles. The van der Waals surface area contributed by atoms with Crippen LogP contribution >= 0.6 is 11.6 Å². The zero-order valence-corrected chi connectivity index (χ0v) is 13.6. The third kappa shape index (κ3) is 3.27. The van der Waals surface area contributed by atoms with Gasteiger partial charge in [-0.3, -0.25) is 0 Å². The lowest BCUT2D eigenvalue weighted by Gasteiger charge is -2.27. The highest BCUT2D eigenvalue weighted by atomic mass is 35.5. The third-order valence-corrected chi connectivity index (χ3v) is 4.04. The van der Waals surface area contributed by atoms with Crippen molar-refractivity contribution in [3.8, 4) is 5.75 Å². The van der Waals surface area contributed by atoms with Crippen LogP contribution in [-0.4, -0.2) is 17.3 Å². The zero-order valence-electron chi connectivity index (χ0n) is 12.9. The van der Waals surface area contributed by atoms with E-state index in [2.05, 4.69) is 27.7 Å². The van der Waals surface area contributed by atoms with Crippen molar-refractivity contribution in [3.05, 3.63) is 28.8 Å². The first-order valence-corrected chi connectivity index (χ1v) is 7.40. The Balaban J connectivity index is 2.18. The van der Waals surface area contributed by atoms with Gasteiger partial charge in [0.05, 0.1) is 10.6 Å². The predicted octanol–water partition coefficient (Wildman–Crippen LogP) is 4.08. The minimum atomic E-state index is -0.327. The average Bonchev–Trinajstić information content (AvgIpc) is 2.49. The summed E-state index contributed by atoms with van der Waals surface area (Å²) in [5.41, 5.74) is 6.36. The monoisotopic (exact) mass is 297 g/mol. The predicted molar refractivity (Wildman–Crippen MR) is 82.3 cm³/mol. The van der Waals surface area contributed by atoms with Crippen molar-refractivity contribution in [1.82, 2.24) is 0 Å². The Labute approximate surface area is 126 Å². The molecule has 1 saturated heterocycles. The molecule has 1 aliphatic rings. The summed E-state index contributed by atoms with van der Waals surface area (Å²) in [4.78, 5) is 0. The second kappa shape index (κ2) is 5.21. The first kappa shape index (κ1) is 15.6.